The largest absolute Gasteiger partial charge is 0.0622 e. The van der Waals surface area contributed by atoms with Gasteiger partial charge >= 0.3 is 0 Å². The molecule has 0 aromatic heterocycles. The van der Waals surface area contributed by atoms with Gasteiger partial charge in [-0.25, -0.2) is 0 Å². The summed E-state index contributed by atoms with van der Waals surface area (Å²) in [5.74, 6) is 0. The van der Waals surface area contributed by atoms with E-state index in [-0.39, 0.29) is 0 Å². The molecular formula is C46H28Br2. The third-order valence-corrected chi connectivity index (χ3v) is 11.4. The molecule has 9 aromatic rings. The van der Waals surface area contributed by atoms with E-state index in [0.29, 0.717) is 0 Å². The number of hydrogen-bond donors (Lipinski definition) is 0. The predicted octanol–water partition coefficient (Wildman–Crippen LogP) is 14.5. The van der Waals surface area contributed by atoms with Crippen LogP contribution in [0.5, 0.6) is 0 Å². The summed E-state index contributed by atoms with van der Waals surface area (Å²) < 4.78 is 2.06. The van der Waals surface area contributed by atoms with Crippen molar-refractivity contribution < 1.29 is 0 Å². The second kappa shape index (κ2) is 11.9. The molecule has 0 saturated carbocycles. The normalized spacial score (nSPS) is 11.5. The van der Waals surface area contributed by atoms with Crippen molar-refractivity contribution in [3.63, 3.8) is 0 Å². The number of benzene rings is 9. The first kappa shape index (κ1) is 29.1. The summed E-state index contributed by atoms with van der Waals surface area (Å²) in [7, 11) is 0. The molecule has 0 amide bonds. The van der Waals surface area contributed by atoms with Gasteiger partial charge in [-0.05, 0) is 132 Å². The molecule has 9 aromatic carbocycles. The minimum absolute atomic E-state index is 1.03. The molecule has 0 nitrogen and oxygen atoms in total. The Hall–Kier alpha value is -5.02. The van der Waals surface area contributed by atoms with E-state index < -0.39 is 0 Å². The Morgan fingerprint density at radius 3 is 0.979 bits per heavy atom. The van der Waals surface area contributed by atoms with Crippen LogP contribution in [0.1, 0.15) is 0 Å². The van der Waals surface area contributed by atoms with Gasteiger partial charge in [0.1, 0.15) is 0 Å². The lowest BCUT2D eigenvalue weighted by Crippen LogP contribution is -1.96. The Balaban J connectivity index is 1.60. The van der Waals surface area contributed by atoms with E-state index in [9.17, 15) is 0 Å². The Morgan fingerprint density at radius 1 is 0.271 bits per heavy atom. The fraction of sp³-hybridized carbons (Fsp3) is 0. The SMILES string of the molecule is Brc1cc2c(-c3ccccc3-c3ccccc3)c3c4ccccc4c4ccccc4c3c(-c3ccccc3-c3ccccc3)c2cc1Br. The summed E-state index contributed by atoms with van der Waals surface area (Å²) in [5, 5.41) is 9.98. The van der Waals surface area contributed by atoms with Crippen LogP contribution in [0.3, 0.4) is 0 Å². The Labute approximate surface area is 296 Å². The van der Waals surface area contributed by atoms with Crippen LogP contribution in [0, 0.1) is 0 Å². The molecule has 48 heavy (non-hydrogen) atoms. The molecule has 226 valence electrons. The van der Waals surface area contributed by atoms with E-state index in [2.05, 4.69) is 202 Å². The summed E-state index contributed by atoms with van der Waals surface area (Å²) in [6.45, 7) is 0. The van der Waals surface area contributed by atoms with Gasteiger partial charge in [-0.15, -0.1) is 0 Å². The molecule has 0 unspecified atom stereocenters. The molecule has 0 radical (unpaired) electrons. The van der Waals surface area contributed by atoms with Gasteiger partial charge in [0, 0.05) is 8.95 Å². The van der Waals surface area contributed by atoms with Gasteiger partial charge in [0.15, 0.2) is 0 Å². The molecule has 0 N–H and O–H groups in total. The summed E-state index contributed by atoms with van der Waals surface area (Å²) >= 11 is 7.85. The minimum atomic E-state index is 1.03. The van der Waals surface area contributed by atoms with Crippen LogP contribution >= 0.6 is 31.9 Å². The molecule has 0 aliphatic heterocycles. The molecule has 0 atom stereocenters. The second-order valence-corrected chi connectivity index (χ2v) is 13.9. The van der Waals surface area contributed by atoms with Crippen molar-refractivity contribution in [3.8, 4) is 44.5 Å². The average molecular weight is 741 g/mol. The zero-order chi connectivity index (χ0) is 32.2. The first-order valence-electron chi connectivity index (χ1n) is 16.2. The molecule has 9 rings (SSSR count). The van der Waals surface area contributed by atoms with E-state index in [1.54, 1.807) is 0 Å². The third kappa shape index (κ3) is 4.63. The fourth-order valence-electron chi connectivity index (χ4n) is 7.59. The smallest absolute Gasteiger partial charge is 0.0324 e. The molecule has 0 spiro atoms. The summed E-state index contributed by atoms with van der Waals surface area (Å²) in [6, 6.07) is 61.8. The number of hydrogen-bond acceptors (Lipinski definition) is 0. The molecule has 0 aliphatic rings. The van der Waals surface area contributed by atoms with Crippen LogP contribution in [0.4, 0.5) is 0 Å². The highest BCUT2D eigenvalue weighted by Gasteiger charge is 2.25. The van der Waals surface area contributed by atoms with Crippen molar-refractivity contribution in [3.05, 3.63) is 179 Å². The molecule has 0 saturated heterocycles. The average Bonchev–Trinajstić information content (AvgIpc) is 3.15. The van der Waals surface area contributed by atoms with Gasteiger partial charge in [-0.1, -0.05) is 158 Å². The van der Waals surface area contributed by atoms with Crippen LogP contribution in [-0.4, -0.2) is 0 Å². The van der Waals surface area contributed by atoms with Crippen molar-refractivity contribution in [1.82, 2.24) is 0 Å². The van der Waals surface area contributed by atoms with Crippen molar-refractivity contribution >= 4 is 74.9 Å². The van der Waals surface area contributed by atoms with E-state index in [4.69, 9.17) is 0 Å². The Bertz CT molecular complexity index is 2490. The first-order valence-corrected chi connectivity index (χ1v) is 17.7. The van der Waals surface area contributed by atoms with E-state index in [0.717, 1.165) is 8.95 Å². The molecule has 0 aliphatic carbocycles. The van der Waals surface area contributed by atoms with Crippen LogP contribution in [0.25, 0.3) is 87.6 Å². The van der Waals surface area contributed by atoms with Gasteiger partial charge < -0.3 is 0 Å². The topological polar surface area (TPSA) is 0 Å². The summed E-state index contributed by atoms with van der Waals surface area (Å²) in [4.78, 5) is 0. The van der Waals surface area contributed by atoms with Crippen molar-refractivity contribution in [2.45, 2.75) is 0 Å². The number of fused-ring (bicyclic) bond motifs is 7. The third-order valence-electron chi connectivity index (χ3n) is 9.59. The lowest BCUT2D eigenvalue weighted by molar-refractivity contribution is 1.59. The van der Waals surface area contributed by atoms with Gasteiger partial charge in [0.25, 0.3) is 0 Å². The zero-order valence-corrected chi connectivity index (χ0v) is 29.1. The monoisotopic (exact) mass is 738 g/mol. The van der Waals surface area contributed by atoms with Crippen LogP contribution in [0.15, 0.2) is 179 Å². The Morgan fingerprint density at radius 2 is 0.583 bits per heavy atom. The van der Waals surface area contributed by atoms with Gasteiger partial charge in [-0.3, -0.25) is 0 Å². The summed E-state index contributed by atoms with van der Waals surface area (Å²) in [5.41, 5.74) is 9.77. The van der Waals surface area contributed by atoms with Crippen LogP contribution in [0.2, 0.25) is 0 Å². The van der Waals surface area contributed by atoms with E-state index in [1.165, 1.54) is 87.6 Å². The second-order valence-electron chi connectivity index (χ2n) is 12.2. The lowest BCUT2D eigenvalue weighted by Gasteiger charge is -2.24. The first-order chi connectivity index (χ1) is 23.7. The molecule has 0 fully saturated rings. The van der Waals surface area contributed by atoms with Gasteiger partial charge in [-0.2, -0.15) is 0 Å². The standard InChI is InChI=1S/C46H28Br2/c47-41-27-39-40(28-42(41)48)44(36-24-12-8-20-32(36)30-17-5-2-6-18-30)46-38-26-14-10-22-34(38)33-21-9-13-25-37(33)45(46)43(39)35-23-11-7-19-31(35)29-15-3-1-4-16-29/h1-28H. The Kier molecular flexibility index (Phi) is 7.22. The number of halogens is 2. The van der Waals surface area contributed by atoms with Gasteiger partial charge in [0.05, 0.1) is 0 Å². The maximum atomic E-state index is 3.93. The van der Waals surface area contributed by atoms with Gasteiger partial charge in [0.2, 0.25) is 0 Å². The number of rotatable bonds is 4. The molecule has 2 heteroatoms. The van der Waals surface area contributed by atoms with Crippen molar-refractivity contribution in [1.29, 1.82) is 0 Å². The van der Waals surface area contributed by atoms with Crippen LogP contribution in [-0.2, 0) is 0 Å². The summed E-state index contributed by atoms with van der Waals surface area (Å²) in [6.07, 6.45) is 0. The lowest BCUT2D eigenvalue weighted by atomic mass is 9.79. The highest BCUT2D eigenvalue weighted by atomic mass is 79.9. The maximum absolute atomic E-state index is 3.93. The van der Waals surface area contributed by atoms with Crippen molar-refractivity contribution in [2.24, 2.45) is 0 Å². The predicted molar refractivity (Wildman–Crippen MR) is 214 cm³/mol. The highest BCUT2D eigenvalue weighted by molar-refractivity contribution is 9.13. The molecule has 0 heterocycles. The minimum Gasteiger partial charge on any atom is -0.0622 e. The quantitative estimate of drug-likeness (QED) is 0.125. The fourth-order valence-corrected chi connectivity index (χ4v) is 8.28. The van der Waals surface area contributed by atoms with Crippen molar-refractivity contribution in [2.75, 3.05) is 0 Å². The molecule has 0 bridgehead atoms. The zero-order valence-electron chi connectivity index (χ0n) is 25.9. The van der Waals surface area contributed by atoms with Crippen LogP contribution < -0.4 is 0 Å². The van der Waals surface area contributed by atoms with E-state index >= 15 is 0 Å². The van der Waals surface area contributed by atoms with E-state index in [1.807, 2.05) is 0 Å². The maximum Gasteiger partial charge on any atom is 0.0324 e. The highest BCUT2D eigenvalue weighted by Crippen LogP contribution is 2.53. The molecular weight excluding hydrogens is 712 g/mol.